The summed E-state index contributed by atoms with van der Waals surface area (Å²) in [7, 11) is 1.51. The van der Waals surface area contributed by atoms with Crippen molar-refractivity contribution in [3.8, 4) is 11.3 Å². The Morgan fingerprint density at radius 3 is 2.74 bits per heavy atom. The molecule has 0 saturated heterocycles. The van der Waals surface area contributed by atoms with E-state index in [2.05, 4.69) is 56.2 Å². The first-order valence-electron chi connectivity index (χ1n) is 12.3. The summed E-state index contributed by atoms with van der Waals surface area (Å²) in [5, 5.41) is 4.83. The Hall–Kier alpha value is -2.44. The van der Waals surface area contributed by atoms with Crippen LogP contribution in [0, 0.1) is 5.41 Å². The summed E-state index contributed by atoms with van der Waals surface area (Å²) in [6.45, 7) is 9.47. The second-order valence-electron chi connectivity index (χ2n) is 10.6. The molecule has 0 bridgehead atoms. The molecule has 1 saturated carbocycles. The number of benzene rings is 1. The summed E-state index contributed by atoms with van der Waals surface area (Å²) in [4.78, 5) is 23.7. The van der Waals surface area contributed by atoms with Crippen molar-refractivity contribution in [3.05, 3.63) is 63.2 Å². The van der Waals surface area contributed by atoms with Crippen molar-refractivity contribution in [1.82, 2.24) is 9.97 Å². The van der Waals surface area contributed by atoms with Crippen molar-refractivity contribution in [2.45, 2.75) is 70.8 Å². The molecule has 0 spiro atoms. The number of halogens is 1. The van der Waals surface area contributed by atoms with Gasteiger partial charge >= 0.3 is 5.97 Å². The zero-order valence-electron chi connectivity index (χ0n) is 20.9. The van der Waals surface area contributed by atoms with Crippen LogP contribution >= 0.6 is 22.9 Å². The summed E-state index contributed by atoms with van der Waals surface area (Å²) in [5.74, 6) is 0.306. The van der Waals surface area contributed by atoms with Gasteiger partial charge < -0.3 is 10.1 Å². The van der Waals surface area contributed by atoms with Gasteiger partial charge in [-0.05, 0) is 54.5 Å². The van der Waals surface area contributed by atoms with Gasteiger partial charge in [0.05, 0.1) is 18.2 Å². The van der Waals surface area contributed by atoms with Crippen LogP contribution in [0.4, 0.5) is 5.13 Å². The first-order valence-corrected chi connectivity index (χ1v) is 13.4. The standard InChI is InChI=1S/C28H32ClN3O2S/c1-16(2)18-8-9-20-19(13-18)22-23(24-27(20,3)11-6-12-28(24,4)25(33)34-5)35-26(32-22)31-15-17-7-10-21(29)30-14-17/h7-10,13-14,16,24H,6,11-12,15H2,1-5H3,(H,31,32)/t24?,27-,28-/m1/s1. The summed E-state index contributed by atoms with van der Waals surface area (Å²) in [6.07, 6.45) is 4.62. The maximum Gasteiger partial charge on any atom is 0.312 e. The summed E-state index contributed by atoms with van der Waals surface area (Å²) in [5.41, 5.74) is 5.08. The number of carbonyl (C=O) groups excluding carboxylic acids is 1. The summed E-state index contributed by atoms with van der Waals surface area (Å²) >= 11 is 7.62. The minimum Gasteiger partial charge on any atom is -0.469 e. The minimum atomic E-state index is -0.602. The lowest BCUT2D eigenvalue weighted by Crippen LogP contribution is -2.50. The molecule has 2 aliphatic rings. The Morgan fingerprint density at radius 1 is 1.26 bits per heavy atom. The molecule has 2 aromatic heterocycles. The van der Waals surface area contributed by atoms with Crippen LogP contribution < -0.4 is 5.32 Å². The van der Waals surface area contributed by atoms with E-state index in [1.54, 1.807) is 23.6 Å². The Labute approximate surface area is 216 Å². The first kappa shape index (κ1) is 24.3. The summed E-state index contributed by atoms with van der Waals surface area (Å²) in [6, 6.07) is 10.6. The Bertz CT molecular complexity index is 1270. The van der Waals surface area contributed by atoms with E-state index in [0.717, 1.165) is 35.7 Å². The number of carbonyl (C=O) groups is 1. The van der Waals surface area contributed by atoms with Gasteiger partial charge in [0, 0.05) is 34.5 Å². The lowest BCUT2D eigenvalue weighted by atomic mass is 9.50. The number of fused-ring (bicyclic) bond motifs is 6. The molecular weight excluding hydrogens is 478 g/mol. The maximum absolute atomic E-state index is 13.2. The van der Waals surface area contributed by atoms with Gasteiger partial charge in [-0.2, -0.15) is 0 Å². The Kier molecular flexibility index (Phi) is 6.17. The fraction of sp³-hybridized carbons (Fsp3) is 0.464. The Morgan fingerprint density at radius 2 is 2.06 bits per heavy atom. The number of pyridine rings is 1. The van der Waals surface area contributed by atoms with Crippen molar-refractivity contribution in [3.63, 3.8) is 0 Å². The lowest BCUT2D eigenvalue weighted by molar-refractivity contribution is -0.157. The Balaban J connectivity index is 1.64. The SMILES string of the molecule is COC(=O)[C@]1(C)CCC[C@]2(C)c3ccc(C(C)C)cc3-c3nc(NCc4ccc(Cl)nc4)sc3C12. The normalized spacial score (nSPS) is 24.9. The van der Waals surface area contributed by atoms with Gasteiger partial charge in [0.25, 0.3) is 0 Å². The van der Waals surface area contributed by atoms with Crippen LogP contribution in [0.1, 0.15) is 80.4 Å². The number of aromatic nitrogens is 2. The molecule has 35 heavy (non-hydrogen) atoms. The number of esters is 1. The number of ether oxygens (including phenoxy) is 1. The maximum atomic E-state index is 13.2. The third-order valence-electron chi connectivity index (χ3n) is 8.05. The van der Waals surface area contributed by atoms with Crippen molar-refractivity contribution in [2.24, 2.45) is 5.41 Å². The smallest absolute Gasteiger partial charge is 0.312 e. The number of nitrogens with zero attached hydrogens (tertiary/aromatic N) is 2. The molecule has 5 nitrogen and oxygen atoms in total. The van der Waals surface area contributed by atoms with E-state index < -0.39 is 5.41 Å². The third-order valence-corrected chi connectivity index (χ3v) is 9.35. The van der Waals surface area contributed by atoms with Crippen molar-refractivity contribution < 1.29 is 9.53 Å². The van der Waals surface area contributed by atoms with E-state index >= 15 is 0 Å². The number of thiazole rings is 1. The zero-order valence-corrected chi connectivity index (χ0v) is 22.5. The number of nitrogens with one attached hydrogen (secondary N) is 1. The molecule has 7 heteroatoms. The van der Waals surface area contributed by atoms with E-state index in [-0.39, 0.29) is 17.3 Å². The molecule has 1 N–H and O–H groups in total. The van der Waals surface area contributed by atoms with E-state index in [1.165, 1.54) is 28.7 Å². The van der Waals surface area contributed by atoms with Gasteiger partial charge in [-0.3, -0.25) is 4.79 Å². The fourth-order valence-corrected chi connectivity index (χ4v) is 7.73. The van der Waals surface area contributed by atoms with Gasteiger partial charge in [-0.15, -0.1) is 11.3 Å². The molecule has 1 unspecified atom stereocenters. The predicted octanol–water partition coefficient (Wildman–Crippen LogP) is 7.31. The number of methoxy groups -OCH3 is 1. The molecule has 1 fully saturated rings. The fourth-order valence-electron chi connectivity index (χ4n) is 6.24. The van der Waals surface area contributed by atoms with Crippen LogP contribution in [0.5, 0.6) is 0 Å². The third kappa shape index (κ3) is 3.95. The highest BCUT2D eigenvalue weighted by Crippen LogP contribution is 2.64. The van der Waals surface area contributed by atoms with E-state index in [9.17, 15) is 4.79 Å². The minimum absolute atomic E-state index is 0.00819. The number of rotatable bonds is 5. The highest BCUT2D eigenvalue weighted by Gasteiger charge is 2.58. The van der Waals surface area contributed by atoms with Crippen LogP contribution in [0.3, 0.4) is 0 Å². The topological polar surface area (TPSA) is 64.1 Å². The molecule has 0 radical (unpaired) electrons. The highest BCUT2D eigenvalue weighted by atomic mass is 35.5. The molecular formula is C28H32ClN3O2S. The van der Waals surface area contributed by atoms with E-state index in [0.29, 0.717) is 17.6 Å². The van der Waals surface area contributed by atoms with Crippen molar-refractivity contribution in [1.29, 1.82) is 0 Å². The lowest BCUT2D eigenvalue weighted by Gasteiger charge is -2.53. The molecule has 3 atom stereocenters. The average molecular weight is 510 g/mol. The molecule has 1 aromatic carbocycles. The zero-order chi connectivity index (χ0) is 25.0. The van der Waals surface area contributed by atoms with Gasteiger partial charge in [-0.25, -0.2) is 9.97 Å². The van der Waals surface area contributed by atoms with E-state index in [4.69, 9.17) is 21.3 Å². The van der Waals surface area contributed by atoms with E-state index in [1.807, 2.05) is 6.07 Å². The molecule has 3 aromatic rings. The second kappa shape index (κ2) is 8.90. The molecule has 184 valence electrons. The number of hydrogen-bond donors (Lipinski definition) is 1. The van der Waals surface area contributed by atoms with Crippen LogP contribution in [0.25, 0.3) is 11.3 Å². The molecule has 2 heterocycles. The van der Waals surface area contributed by atoms with Crippen LogP contribution in [-0.4, -0.2) is 23.0 Å². The average Bonchev–Trinajstić information content (AvgIpc) is 3.26. The van der Waals surface area contributed by atoms with Crippen molar-refractivity contribution in [2.75, 3.05) is 12.4 Å². The predicted molar refractivity (Wildman–Crippen MR) is 142 cm³/mol. The van der Waals surface area contributed by atoms with Gasteiger partial charge in [0.2, 0.25) is 0 Å². The molecule has 0 amide bonds. The number of anilines is 1. The molecule has 2 aliphatic carbocycles. The highest BCUT2D eigenvalue weighted by molar-refractivity contribution is 7.16. The van der Waals surface area contributed by atoms with Crippen molar-refractivity contribution >= 4 is 34.0 Å². The summed E-state index contributed by atoms with van der Waals surface area (Å²) < 4.78 is 5.37. The van der Waals surface area contributed by atoms with Gasteiger partial charge in [-0.1, -0.05) is 57.0 Å². The van der Waals surface area contributed by atoms with Crippen LogP contribution in [0.2, 0.25) is 5.15 Å². The van der Waals surface area contributed by atoms with Crippen LogP contribution in [0.15, 0.2) is 36.5 Å². The quantitative estimate of drug-likeness (QED) is 0.288. The first-order chi connectivity index (χ1) is 16.7. The molecule has 0 aliphatic heterocycles. The number of hydrogen-bond acceptors (Lipinski definition) is 6. The monoisotopic (exact) mass is 509 g/mol. The van der Waals surface area contributed by atoms with Crippen LogP contribution in [-0.2, 0) is 21.5 Å². The van der Waals surface area contributed by atoms with Gasteiger partial charge in [0.15, 0.2) is 5.13 Å². The second-order valence-corrected chi connectivity index (χ2v) is 12.1. The largest absolute Gasteiger partial charge is 0.469 e. The molecule has 5 rings (SSSR count). The van der Waals surface area contributed by atoms with Gasteiger partial charge in [0.1, 0.15) is 5.15 Å².